The molecule has 1 amide bonds. The summed E-state index contributed by atoms with van der Waals surface area (Å²) >= 11 is 0. The van der Waals surface area contributed by atoms with Crippen molar-refractivity contribution in [3.8, 4) is 0 Å². The first-order chi connectivity index (χ1) is 20.3. The molecule has 0 radical (unpaired) electrons. The summed E-state index contributed by atoms with van der Waals surface area (Å²) < 4.78 is 63.0. The molecule has 2 aromatic carbocycles. The molecule has 0 spiro atoms. The molecular weight excluding hydrogens is 582 g/mol. The Morgan fingerprint density at radius 1 is 0.733 bits per heavy atom. The van der Waals surface area contributed by atoms with E-state index in [4.69, 9.17) is 23.4 Å². The van der Waals surface area contributed by atoms with E-state index in [1.165, 1.54) is 24.3 Å². The number of carbonyl (C=O) groups is 2. The van der Waals surface area contributed by atoms with Gasteiger partial charge in [0.15, 0.2) is 0 Å². The molecule has 2 aromatic rings. The SMILES string of the molecule is Cc1cc(B2OC(C)(C)C(C)(C)O2)cc(C(F)(F)c2cc(B3OC(C)(C)C(C)(C)O3)cc(C(=O)NCC(=O)OC(C)(C)C)c2)c1. The maximum absolute atomic E-state index is 16.6. The Hall–Kier alpha value is -2.79. The van der Waals surface area contributed by atoms with Gasteiger partial charge in [-0.1, -0.05) is 23.8 Å². The van der Waals surface area contributed by atoms with Crippen molar-refractivity contribution in [2.75, 3.05) is 6.54 Å². The van der Waals surface area contributed by atoms with E-state index in [0.717, 1.165) is 6.07 Å². The van der Waals surface area contributed by atoms with Crippen molar-refractivity contribution in [2.24, 2.45) is 0 Å². The average Bonchev–Trinajstić information content (AvgIpc) is 3.25. The summed E-state index contributed by atoms with van der Waals surface area (Å²) in [5.74, 6) is -4.93. The van der Waals surface area contributed by atoms with E-state index < -0.39 is 72.1 Å². The molecule has 0 atom stereocenters. The number of alkyl halides is 2. The summed E-state index contributed by atoms with van der Waals surface area (Å²) in [7, 11) is -1.85. The molecule has 2 fully saturated rings. The lowest BCUT2D eigenvalue weighted by Gasteiger charge is -2.32. The second-order valence-corrected chi connectivity index (χ2v) is 15.0. The molecule has 8 nitrogen and oxygen atoms in total. The zero-order chi connectivity index (χ0) is 34.0. The van der Waals surface area contributed by atoms with E-state index in [0.29, 0.717) is 11.0 Å². The van der Waals surface area contributed by atoms with Crippen molar-refractivity contribution in [3.63, 3.8) is 0 Å². The second kappa shape index (κ2) is 11.5. The van der Waals surface area contributed by atoms with Gasteiger partial charge in [-0.05, 0) is 112 Å². The fraction of sp³-hybridized carbons (Fsp3) is 0.576. The molecule has 12 heteroatoms. The quantitative estimate of drug-likeness (QED) is 0.348. The molecule has 4 rings (SSSR count). The first-order valence-electron chi connectivity index (χ1n) is 15.2. The van der Waals surface area contributed by atoms with Crippen LogP contribution < -0.4 is 16.2 Å². The number of esters is 1. The van der Waals surface area contributed by atoms with Crippen molar-refractivity contribution in [1.29, 1.82) is 0 Å². The van der Waals surface area contributed by atoms with E-state index in [9.17, 15) is 9.59 Å². The third kappa shape index (κ3) is 7.29. The first-order valence-corrected chi connectivity index (χ1v) is 15.2. The van der Waals surface area contributed by atoms with Crippen LogP contribution >= 0.6 is 0 Å². The smallest absolute Gasteiger partial charge is 0.459 e. The Bertz CT molecular complexity index is 1450. The van der Waals surface area contributed by atoms with Gasteiger partial charge >= 0.3 is 20.2 Å². The average molecular weight is 627 g/mol. The Labute approximate surface area is 266 Å². The number of amides is 1. The minimum atomic E-state index is -3.55. The highest BCUT2D eigenvalue weighted by atomic mass is 19.3. The van der Waals surface area contributed by atoms with Gasteiger partial charge < -0.3 is 28.7 Å². The molecule has 45 heavy (non-hydrogen) atoms. The molecule has 2 aliphatic rings. The summed E-state index contributed by atoms with van der Waals surface area (Å²) in [5, 5.41) is 2.49. The van der Waals surface area contributed by atoms with Crippen LogP contribution in [-0.2, 0) is 34.1 Å². The topological polar surface area (TPSA) is 92.3 Å². The Balaban J connectivity index is 1.74. The molecular formula is C33H45B2F2NO7. The second-order valence-electron chi connectivity index (χ2n) is 15.0. The molecule has 0 aliphatic carbocycles. The van der Waals surface area contributed by atoms with Gasteiger partial charge in [-0.25, -0.2) is 0 Å². The molecule has 0 unspecified atom stereocenters. The fourth-order valence-corrected chi connectivity index (χ4v) is 4.99. The summed E-state index contributed by atoms with van der Waals surface area (Å²) in [6.07, 6.45) is 0. The lowest BCUT2D eigenvalue weighted by molar-refractivity contribution is -0.153. The minimum absolute atomic E-state index is 0.0840. The molecule has 2 aliphatic heterocycles. The van der Waals surface area contributed by atoms with Crippen LogP contribution in [0.2, 0.25) is 0 Å². The van der Waals surface area contributed by atoms with Gasteiger partial charge in [0.25, 0.3) is 11.8 Å². The van der Waals surface area contributed by atoms with Gasteiger partial charge in [-0.15, -0.1) is 0 Å². The van der Waals surface area contributed by atoms with Gasteiger partial charge in [0.1, 0.15) is 12.1 Å². The molecule has 244 valence electrons. The van der Waals surface area contributed by atoms with Crippen LogP contribution in [-0.4, -0.2) is 60.7 Å². The lowest BCUT2D eigenvalue weighted by Crippen LogP contribution is -2.41. The van der Waals surface area contributed by atoms with Gasteiger partial charge in [-0.3, -0.25) is 9.59 Å². The number of carbonyl (C=O) groups excluding carboxylic acids is 2. The Kier molecular flexibility index (Phi) is 8.94. The highest BCUT2D eigenvalue weighted by Crippen LogP contribution is 2.40. The molecule has 2 heterocycles. The van der Waals surface area contributed by atoms with Gasteiger partial charge in [0.05, 0.1) is 22.4 Å². The number of nitrogens with one attached hydrogen (secondary N) is 1. The van der Waals surface area contributed by atoms with Crippen molar-refractivity contribution in [3.05, 3.63) is 58.7 Å². The lowest BCUT2D eigenvalue weighted by atomic mass is 9.75. The Morgan fingerprint density at radius 2 is 1.16 bits per heavy atom. The van der Waals surface area contributed by atoms with Crippen molar-refractivity contribution < 1.29 is 41.7 Å². The van der Waals surface area contributed by atoms with Crippen molar-refractivity contribution >= 4 is 37.0 Å². The molecule has 2 saturated heterocycles. The third-order valence-corrected chi connectivity index (χ3v) is 8.91. The standard InChI is InChI=1S/C33H45B2F2NO7/c1-20-13-22(17-24(14-20)34-42-29(5,6)30(7,8)43-34)33(36,37)23-15-21(27(40)38-19-26(39)41-28(2,3)4)16-25(18-23)35-44-31(9,10)32(11,12)45-35/h13-18H,19H2,1-12H3,(H,38,40). The normalized spacial score (nSPS) is 20.3. The predicted octanol–water partition coefficient (Wildman–Crippen LogP) is 4.81. The summed E-state index contributed by atoms with van der Waals surface area (Å²) in [6, 6.07) is 8.40. The van der Waals surface area contributed by atoms with E-state index >= 15 is 8.78 Å². The number of benzene rings is 2. The largest absolute Gasteiger partial charge is 0.494 e. The van der Waals surface area contributed by atoms with E-state index in [1.54, 1.807) is 33.8 Å². The molecule has 0 bridgehead atoms. The van der Waals surface area contributed by atoms with Crippen LogP contribution in [0.5, 0.6) is 0 Å². The van der Waals surface area contributed by atoms with Crippen molar-refractivity contribution in [2.45, 2.75) is 117 Å². The van der Waals surface area contributed by atoms with Gasteiger partial charge in [0, 0.05) is 16.7 Å². The van der Waals surface area contributed by atoms with Gasteiger partial charge in [0.2, 0.25) is 0 Å². The fourth-order valence-electron chi connectivity index (χ4n) is 4.99. The molecule has 0 saturated carbocycles. The zero-order valence-electron chi connectivity index (χ0n) is 28.4. The van der Waals surface area contributed by atoms with Crippen LogP contribution in [0.4, 0.5) is 8.78 Å². The van der Waals surface area contributed by atoms with Crippen LogP contribution in [0.25, 0.3) is 0 Å². The summed E-state index contributed by atoms with van der Waals surface area (Å²) in [5.41, 5.74) is -3.07. The number of ether oxygens (including phenoxy) is 1. The van der Waals surface area contributed by atoms with Crippen LogP contribution in [0.1, 0.15) is 103 Å². The first kappa shape index (κ1) is 35.1. The van der Waals surface area contributed by atoms with Crippen LogP contribution in [0.15, 0.2) is 36.4 Å². The highest BCUT2D eigenvalue weighted by Gasteiger charge is 2.53. The highest BCUT2D eigenvalue weighted by molar-refractivity contribution is 6.62. The van der Waals surface area contributed by atoms with E-state index in [-0.39, 0.29) is 16.6 Å². The maximum Gasteiger partial charge on any atom is 0.494 e. The van der Waals surface area contributed by atoms with E-state index in [1.807, 2.05) is 55.4 Å². The number of hydrogen-bond donors (Lipinski definition) is 1. The summed E-state index contributed by atoms with van der Waals surface area (Å²) in [6.45, 7) is 21.4. The number of halogens is 2. The zero-order valence-corrected chi connectivity index (χ0v) is 28.4. The Morgan fingerprint density at radius 3 is 1.60 bits per heavy atom. The van der Waals surface area contributed by atoms with Crippen molar-refractivity contribution in [1.82, 2.24) is 5.32 Å². The molecule has 1 N–H and O–H groups in total. The predicted molar refractivity (Wildman–Crippen MR) is 170 cm³/mol. The number of rotatable bonds is 7. The molecule has 0 aromatic heterocycles. The van der Waals surface area contributed by atoms with Crippen LogP contribution in [0.3, 0.4) is 0 Å². The number of aryl methyl sites for hydroxylation is 1. The van der Waals surface area contributed by atoms with Crippen LogP contribution in [0, 0.1) is 6.92 Å². The third-order valence-electron chi connectivity index (χ3n) is 8.91. The van der Waals surface area contributed by atoms with E-state index in [2.05, 4.69) is 5.32 Å². The number of hydrogen-bond acceptors (Lipinski definition) is 7. The summed E-state index contributed by atoms with van der Waals surface area (Å²) in [4.78, 5) is 25.5. The monoisotopic (exact) mass is 627 g/mol. The maximum atomic E-state index is 16.6. The minimum Gasteiger partial charge on any atom is -0.459 e. The van der Waals surface area contributed by atoms with Gasteiger partial charge in [-0.2, -0.15) is 8.78 Å².